The van der Waals surface area contributed by atoms with Crippen molar-refractivity contribution in [2.45, 2.75) is 101 Å². The van der Waals surface area contributed by atoms with Crippen molar-refractivity contribution >= 4 is 33.7 Å². The second-order valence-corrected chi connectivity index (χ2v) is 18.3. The molecule has 67 heavy (non-hydrogen) atoms. The Labute approximate surface area is 430 Å². The third-order valence-corrected chi connectivity index (χ3v) is 13.0. The summed E-state index contributed by atoms with van der Waals surface area (Å²) in [6.07, 6.45) is 6.80. The van der Waals surface area contributed by atoms with Gasteiger partial charge in [0.25, 0.3) is 0 Å². The monoisotopic (exact) mass is 1070 g/mol. The molecule has 9 rings (SSSR count). The van der Waals surface area contributed by atoms with Crippen molar-refractivity contribution in [3.63, 3.8) is 0 Å². The van der Waals surface area contributed by atoms with Crippen molar-refractivity contribution in [1.82, 2.24) is 4.98 Å². The average Bonchev–Trinajstić information content (AvgIpc) is 3.77. The second-order valence-electron chi connectivity index (χ2n) is 18.3. The maximum Gasteiger partial charge on any atom is 0.121 e. The van der Waals surface area contributed by atoms with E-state index >= 15 is 0 Å². The second kappa shape index (κ2) is 19.3. The molecule has 1 aliphatic rings. The molecule has 342 valence electrons. The van der Waals surface area contributed by atoms with Gasteiger partial charge in [-0.3, -0.25) is 0 Å². The average molecular weight is 1070 g/mol. The van der Waals surface area contributed by atoms with E-state index in [0.29, 0.717) is 33.2 Å². The Bertz CT molecular complexity index is 3760. The van der Waals surface area contributed by atoms with E-state index in [4.69, 9.17) is 30.6 Å². The fourth-order valence-electron chi connectivity index (χ4n) is 9.08. The predicted octanol–water partition coefficient (Wildman–Crippen LogP) is 17.6. The smallest absolute Gasteiger partial charge is 0.121 e. The molecule has 5 heteroatoms. The number of ether oxygens (including phenoxy) is 1. The van der Waals surface area contributed by atoms with Crippen LogP contribution in [-0.2, 0) is 21.1 Å². The molecule has 0 aliphatic heterocycles. The summed E-state index contributed by atoms with van der Waals surface area (Å²) in [6, 6.07) is 37.4. The van der Waals surface area contributed by atoms with Gasteiger partial charge in [0.1, 0.15) is 5.58 Å². The molecular formula is C62H59N2O2Pt-3. The number of aryl methyl sites for hydroxylation is 4. The molecule has 0 amide bonds. The first-order chi connectivity index (χ1) is 36.8. The molecule has 0 N–H and O–H groups in total. The van der Waals surface area contributed by atoms with Crippen LogP contribution in [-0.4, -0.2) is 11.2 Å². The van der Waals surface area contributed by atoms with Crippen molar-refractivity contribution in [3.05, 3.63) is 183 Å². The number of allylic oxidation sites excluding steroid dienone is 4. The third-order valence-electron chi connectivity index (χ3n) is 13.0. The molecule has 1 fully saturated rings. The molecule has 1 saturated carbocycles. The first-order valence-electron chi connectivity index (χ1n) is 28.7. The molecule has 8 aromatic rings. The van der Waals surface area contributed by atoms with Gasteiger partial charge in [-0.15, -0.1) is 17.2 Å². The van der Waals surface area contributed by atoms with Crippen LogP contribution in [0.15, 0.2) is 131 Å². The zero-order chi connectivity index (χ0) is 57.4. The zero-order valence-electron chi connectivity index (χ0n) is 51.4. The number of pyridine rings is 1. The summed E-state index contributed by atoms with van der Waals surface area (Å²) in [7, 11) is 0. The maximum absolute atomic E-state index is 10.0. The number of hydrogen-bond acceptors (Lipinski definition) is 3. The molecule has 0 bridgehead atoms. The summed E-state index contributed by atoms with van der Waals surface area (Å²) >= 11 is 0. The number of fused-ring (bicyclic) bond motifs is 3. The number of furan rings is 1. The Hall–Kier alpha value is -6.09. The van der Waals surface area contributed by atoms with Crippen molar-refractivity contribution in [2.24, 2.45) is 5.41 Å². The molecule has 0 saturated heterocycles. The van der Waals surface area contributed by atoms with Gasteiger partial charge < -0.3 is 19.5 Å². The normalized spacial score (nSPS) is 18.6. The van der Waals surface area contributed by atoms with Gasteiger partial charge in [0.15, 0.2) is 0 Å². The summed E-state index contributed by atoms with van der Waals surface area (Å²) < 4.78 is 122. The summed E-state index contributed by atoms with van der Waals surface area (Å²) in [4.78, 5) is 4.89. The van der Waals surface area contributed by atoms with Crippen LogP contribution >= 0.6 is 0 Å². The van der Waals surface area contributed by atoms with Crippen LogP contribution < -0.4 is 4.74 Å². The van der Waals surface area contributed by atoms with Gasteiger partial charge in [0, 0.05) is 62.0 Å². The summed E-state index contributed by atoms with van der Waals surface area (Å²) in [5, 5.41) is 11.0. The number of hydrogen-bond donors (Lipinski definition) is 0. The van der Waals surface area contributed by atoms with Crippen molar-refractivity contribution in [3.8, 4) is 56.1 Å². The van der Waals surface area contributed by atoms with Crippen LogP contribution in [0.25, 0.3) is 77.6 Å². The van der Waals surface area contributed by atoms with E-state index in [9.17, 15) is 6.78 Å². The third kappa shape index (κ3) is 9.70. The largest absolute Gasteiger partial charge is 0.810 e. The van der Waals surface area contributed by atoms with E-state index in [1.54, 1.807) is 48.7 Å². The van der Waals surface area contributed by atoms with Gasteiger partial charge in [0.05, 0.1) is 5.58 Å². The van der Waals surface area contributed by atoms with Gasteiger partial charge in [0.2, 0.25) is 0 Å². The van der Waals surface area contributed by atoms with Gasteiger partial charge in [-0.1, -0.05) is 170 Å². The molecule has 1 aliphatic carbocycles. The molecular weight excluding hydrogens is 1000 g/mol. The molecule has 0 spiro atoms. The molecule has 6 aromatic carbocycles. The van der Waals surface area contributed by atoms with Crippen LogP contribution in [0.4, 0.5) is 0 Å². The van der Waals surface area contributed by atoms with Gasteiger partial charge in [-0.05, 0) is 146 Å². The number of rotatable bonds is 10. The minimum Gasteiger partial charge on any atom is -0.810 e. The number of aromatic nitrogens is 1. The number of nitrogens with zero attached hydrogens (tertiary/aromatic N) is 2. The molecule has 2 aromatic heterocycles. The summed E-state index contributed by atoms with van der Waals surface area (Å²) in [5.41, 5.74) is 8.82. The minimum atomic E-state index is -3.01. The Morgan fingerprint density at radius 2 is 1.57 bits per heavy atom. The first-order valence-corrected chi connectivity index (χ1v) is 22.2. The first kappa shape index (κ1) is 33.4. The fourth-order valence-corrected chi connectivity index (χ4v) is 9.08. The van der Waals surface area contributed by atoms with Gasteiger partial charge in [-0.25, -0.2) is 0 Å². The van der Waals surface area contributed by atoms with E-state index in [0.717, 1.165) is 76.3 Å². The molecule has 2 heterocycles. The maximum atomic E-state index is 10.0. The van der Waals surface area contributed by atoms with Gasteiger partial charge >= 0.3 is 0 Å². The van der Waals surface area contributed by atoms with Crippen LogP contribution in [0.5, 0.6) is 11.5 Å². The Kier molecular flexibility index (Phi) is 9.60. The Morgan fingerprint density at radius 1 is 0.791 bits per heavy atom. The summed E-state index contributed by atoms with van der Waals surface area (Å²) in [5.74, 6) is -0.881. The van der Waals surface area contributed by atoms with Crippen molar-refractivity contribution in [2.75, 3.05) is 0 Å². The molecule has 4 nitrogen and oxygen atoms in total. The topological polar surface area (TPSA) is 57.6 Å². The SMILES string of the molecule is [2H]C([2H])([2H])/C(C=[N-])=C(/C=C(\C)c1[c-]c(Oc2[c-]c(-c3cc(-c4ccc(-c5ccc(C6([2H])CCC(C)(C)CC6)cc5C)cc4C)c(C)cn3)c3oc4cc(C([2H])([2H])[2H])ccc4c3c2)c(C([2H])([2H])[2H])c(-c2ccccc2)c1)C([2H])([2H])[2H].[Pt]. The van der Waals surface area contributed by atoms with Crippen molar-refractivity contribution in [1.29, 1.82) is 0 Å². The quantitative estimate of drug-likeness (QED) is 0.0779. The van der Waals surface area contributed by atoms with E-state index in [1.165, 1.54) is 25.1 Å². The zero-order valence-corrected chi connectivity index (χ0v) is 40.7. The van der Waals surface area contributed by atoms with Crippen LogP contribution in [0.2, 0.25) is 0 Å². The van der Waals surface area contributed by atoms with Crippen LogP contribution in [0.1, 0.15) is 123 Å². The fraction of sp³-hybridized carbons (Fsp3) is 0.258. The Morgan fingerprint density at radius 3 is 2.28 bits per heavy atom. The molecule has 0 radical (unpaired) electrons. The van der Waals surface area contributed by atoms with Crippen LogP contribution in [0.3, 0.4) is 0 Å². The minimum absolute atomic E-state index is 0. The molecule has 0 unspecified atom stereocenters. The van der Waals surface area contributed by atoms with Gasteiger partial charge in [-0.2, -0.15) is 6.21 Å². The Balaban J connectivity index is 0.00000841. The van der Waals surface area contributed by atoms with Crippen molar-refractivity contribution < 1.29 is 48.0 Å². The molecule has 0 atom stereocenters. The number of benzene rings is 6. The van der Waals surface area contributed by atoms with Crippen LogP contribution in [0, 0.1) is 52.0 Å². The van der Waals surface area contributed by atoms with E-state index in [1.807, 2.05) is 13.0 Å². The van der Waals surface area contributed by atoms with E-state index in [2.05, 4.69) is 76.2 Å². The van der Waals surface area contributed by atoms with E-state index in [-0.39, 0.29) is 77.6 Å². The van der Waals surface area contributed by atoms with E-state index < -0.39 is 44.4 Å². The predicted molar refractivity (Wildman–Crippen MR) is 278 cm³/mol. The standard InChI is InChI=1S/C62H59N2O2.Pt/c1-37-16-19-53-56-32-50(65-59-31-49(39(3)27-38(2)42(6)35-63)30-55(44(59)8)46-14-12-11-13-15-46)33-57(61(56)66-60(53)26-37)58-34-54(43(7)36-64-58)52-21-18-48(29-41(52)5)51-20-17-47(28-40(51)4)45-22-24-62(9,10)25-23-45;/h11-21,26-30,32,34-36,45H,22-25H2,1-10H3;/q-3;/b39-27+,42-38-;/i1D3,2D3,6D3,8D3,45D;. The summed E-state index contributed by atoms with van der Waals surface area (Å²) in [6.45, 7) is 0.907.